The highest BCUT2D eigenvalue weighted by Crippen LogP contribution is 2.36. The van der Waals surface area contributed by atoms with Crippen molar-refractivity contribution in [2.75, 3.05) is 24.5 Å². The minimum Gasteiger partial charge on any atom is -0.487 e. The summed E-state index contributed by atoms with van der Waals surface area (Å²) in [6.07, 6.45) is 2.82. The van der Waals surface area contributed by atoms with Crippen molar-refractivity contribution in [3.05, 3.63) is 65.7 Å². The van der Waals surface area contributed by atoms with E-state index in [1.807, 2.05) is 30.3 Å². The first-order valence-corrected chi connectivity index (χ1v) is 16.0. The Morgan fingerprint density at radius 2 is 1.82 bits per heavy atom. The van der Waals surface area contributed by atoms with Crippen LogP contribution in [0, 0.1) is 0 Å². The van der Waals surface area contributed by atoms with Crippen LogP contribution in [0.4, 0.5) is 5.69 Å². The predicted octanol–water partition coefficient (Wildman–Crippen LogP) is 3.68. The molecule has 0 bridgehead atoms. The lowest BCUT2D eigenvalue weighted by Gasteiger charge is -2.24. The Morgan fingerprint density at radius 3 is 2.47 bits per heavy atom. The molecule has 0 radical (unpaired) electrons. The zero-order chi connectivity index (χ0) is 24.9. The van der Waals surface area contributed by atoms with Crippen LogP contribution < -0.4 is 9.04 Å². The standard InChI is InChI=1S/C24H30N2O6SSi/c1-31-24(28)13-11-19-10-12-21(22(16-19)32-18-20-8-6-5-7-9-20)26-17-23(27)25(33(26,29)30)14-15-34(2,3)4/h5-13,16H,14-15,17-18H2,1-4H3/b13-11+. The fourth-order valence-electron chi connectivity index (χ4n) is 3.34. The number of esters is 1. The fourth-order valence-corrected chi connectivity index (χ4v) is 5.95. The van der Waals surface area contributed by atoms with Gasteiger partial charge in [0.2, 0.25) is 0 Å². The summed E-state index contributed by atoms with van der Waals surface area (Å²) in [7, 11) is -4.30. The number of benzene rings is 2. The third kappa shape index (κ3) is 6.26. The Balaban J connectivity index is 1.94. The van der Waals surface area contributed by atoms with E-state index in [1.54, 1.807) is 24.3 Å². The van der Waals surface area contributed by atoms with Crippen molar-refractivity contribution >= 4 is 41.9 Å². The van der Waals surface area contributed by atoms with Gasteiger partial charge in [0, 0.05) is 20.7 Å². The van der Waals surface area contributed by atoms with Gasteiger partial charge in [-0.3, -0.25) is 4.79 Å². The van der Waals surface area contributed by atoms with Crippen molar-refractivity contribution in [2.24, 2.45) is 0 Å². The Bertz CT molecular complexity index is 1180. The molecule has 0 spiro atoms. The van der Waals surface area contributed by atoms with Crippen molar-refractivity contribution in [1.29, 1.82) is 0 Å². The summed E-state index contributed by atoms with van der Waals surface area (Å²) in [4.78, 5) is 24.2. The molecule has 0 aromatic heterocycles. The van der Waals surface area contributed by atoms with E-state index >= 15 is 0 Å². The minimum atomic E-state index is -4.03. The molecule has 0 N–H and O–H groups in total. The zero-order valence-electron chi connectivity index (χ0n) is 19.9. The van der Waals surface area contributed by atoms with Crippen LogP contribution in [0.15, 0.2) is 54.6 Å². The molecule has 2 aromatic carbocycles. The molecule has 182 valence electrons. The first-order chi connectivity index (χ1) is 16.0. The highest BCUT2D eigenvalue weighted by molar-refractivity contribution is 7.91. The van der Waals surface area contributed by atoms with Gasteiger partial charge in [-0.1, -0.05) is 56.0 Å². The van der Waals surface area contributed by atoms with Gasteiger partial charge >= 0.3 is 16.2 Å². The van der Waals surface area contributed by atoms with Gasteiger partial charge < -0.3 is 9.47 Å². The monoisotopic (exact) mass is 502 g/mol. The van der Waals surface area contributed by atoms with Crippen LogP contribution in [0.2, 0.25) is 25.7 Å². The van der Waals surface area contributed by atoms with Gasteiger partial charge in [0.1, 0.15) is 18.9 Å². The van der Waals surface area contributed by atoms with Gasteiger partial charge in [-0.15, -0.1) is 0 Å². The quantitative estimate of drug-likeness (QED) is 0.295. The molecule has 2 aromatic rings. The molecule has 0 saturated carbocycles. The predicted molar refractivity (Wildman–Crippen MR) is 134 cm³/mol. The molecule has 3 rings (SSSR count). The van der Waals surface area contributed by atoms with Crippen molar-refractivity contribution in [3.63, 3.8) is 0 Å². The number of carbonyl (C=O) groups is 2. The lowest BCUT2D eigenvalue weighted by molar-refractivity contribution is -0.134. The van der Waals surface area contributed by atoms with Crippen molar-refractivity contribution in [2.45, 2.75) is 32.3 Å². The number of hydrogen-bond donors (Lipinski definition) is 0. The molecule has 1 fully saturated rings. The topological polar surface area (TPSA) is 93.2 Å². The van der Waals surface area contributed by atoms with Gasteiger partial charge in [-0.25, -0.2) is 13.4 Å². The van der Waals surface area contributed by atoms with Crippen LogP contribution in [-0.4, -0.2) is 52.9 Å². The SMILES string of the molecule is COC(=O)/C=C/c1ccc(N2CC(=O)N(CC[Si](C)(C)C)S2(=O)=O)c(OCc2ccccc2)c1. The summed E-state index contributed by atoms with van der Waals surface area (Å²) in [6.45, 7) is 6.50. The third-order valence-corrected chi connectivity index (χ3v) is 8.83. The Labute approximate surface area is 202 Å². The van der Waals surface area contributed by atoms with Gasteiger partial charge in [0.05, 0.1) is 12.8 Å². The molecule has 0 aliphatic carbocycles. The maximum absolute atomic E-state index is 13.3. The number of carbonyl (C=O) groups excluding carboxylic acids is 2. The Morgan fingerprint density at radius 1 is 1.12 bits per heavy atom. The van der Waals surface area contributed by atoms with Crippen LogP contribution in [0.3, 0.4) is 0 Å². The molecule has 34 heavy (non-hydrogen) atoms. The maximum atomic E-state index is 13.3. The second-order valence-electron chi connectivity index (χ2n) is 9.15. The summed E-state index contributed by atoms with van der Waals surface area (Å²) >= 11 is 0. The van der Waals surface area contributed by atoms with Crippen LogP contribution in [0.5, 0.6) is 5.75 Å². The molecular formula is C24H30N2O6SSi. The number of rotatable bonds is 9. The lowest BCUT2D eigenvalue weighted by Crippen LogP contribution is -2.37. The molecule has 0 unspecified atom stereocenters. The second kappa shape index (κ2) is 10.4. The zero-order valence-corrected chi connectivity index (χ0v) is 21.7. The molecule has 0 atom stereocenters. The van der Waals surface area contributed by atoms with E-state index in [0.29, 0.717) is 17.4 Å². The Hall–Kier alpha value is -3.11. The molecule has 8 nitrogen and oxygen atoms in total. The summed E-state index contributed by atoms with van der Waals surface area (Å²) in [5, 5.41) is 0. The summed E-state index contributed by atoms with van der Waals surface area (Å²) in [5.74, 6) is -0.678. The van der Waals surface area contributed by atoms with Crippen LogP contribution in [0.25, 0.3) is 6.08 Å². The van der Waals surface area contributed by atoms with Crippen molar-refractivity contribution in [1.82, 2.24) is 4.31 Å². The van der Waals surface area contributed by atoms with Gasteiger partial charge in [0.15, 0.2) is 0 Å². The fraction of sp³-hybridized carbons (Fsp3) is 0.333. The molecule has 1 amide bonds. The minimum absolute atomic E-state index is 0.174. The largest absolute Gasteiger partial charge is 0.487 e. The van der Waals surface area contributed by atoms with Crippen molar-refractivity contribution < 1.29 is 27.5 Å². The smallest absolute Gasteiger partial charge is 0.330 e. The van der Waals surface area contributed by atoms with E-state index in [-0.39, 0.29) is 25.4 Å². The molecule has 1 heterocycles. The molecular weight excluding hydrogens is 472 g/mol. The molecule has 1 saturated heterocycles. The lowest BCUT2D eigenvalue weighted by atomic mass is 10.1. The highest BCUT2D eigenvalue weighted by atomic mass is 32.2. The van der Waals surface area contributed by atoms with Gasteiger partial charge in [-0.2, -0.15) is 8.42 Å². The second-order valence-corrected chi connectivity index (χ2v) is 16.5. The number of anilines is 1. The Kier molecular flexibility index (Phi) is 7.83. The maximum Gasteiger partial charge on any atom is 0.330 e. The van der Waals surface area contributed by atoms with Crippen LogP contribution in [-0.2, 0) is 31.1 Å². The molecule has 10 heteroatoms. The number of hydrogen-bond acceptors (Lipinski definition) is 6. The van der Waals surface area contributed by atoms with E-state index in [9.17, 15) is 18.0 Å². The number of ether oxygens (including phenoxy) is 2. The van der Waals surface area contributed by atoms with E-state index in [0.717, 1.165) is 14.2 Å². The van der Waals surface area contributed by atoms with Gasteiger partial charge in [0.25, 0.3) is 5.91 Å². The van der Waals surface area contributed by atoms with Crippen molar-refractivity contribution in [3.8, 4) is 5.75 Å². The average molecular weight is 503 g/mol. The third-order valence-electron chi connectivity index (χ3n) is 5.28. The first kappa shape index (κ1) is 25.5. The number of amides is 1. The van der Waals surface area contributed by atoms with Gasteiger partial charge in [-0.05, 0) is 35.4 Å². The number of methoxy groups -OCH3 is 1. The normalized spacial score (nSPS) is 15.7. The number of nitrogens with zero attached hydrogens (tertiary/aromatic N) is 2. The van der Waals surface area contributed by atoms with Crippen LogP contribution in [0.1, 0.15) is 11.1 Å². The van der Waals surface area contributed by atoms with E-state index < -0.39 is 30.2 Å². The summed E-state index contributed by atoms with van der Waals surface area (Å²) in [5.41, 5.74) is 1.80. The average Bonchev–Trinajstić information content (AvgIpc) is 3.02. The summed E-state index contributed by atoms with van der Waals surface area (Å²) < 4.78 is 39.3. The first-order valence-electron chi connectivity index (χ1n) is 10.9. The summed E-state index contributed by atoms with van der Waals surface area (Å²) in [6, 6.07) is 15.0. The van der Waals surface area contributed by atoms with E-state index in [2.05, 4.69) is 24.4 Å². The van der Waals surface area contributed by atoms with E-state index in [1.165, 1.54) is 13.2 Å². The highest BCUT2D eigenvalue weighted by Gasteiger charge is 2.43. The molecule has 1 aliphatic rings. The molecule has 1 aliphatic heterocycles. The van der Waals surface area contributed by atoms with E-state index in [4.69, 9.17) is 4.74 Å². The van der Waals surface area contributed by atoms with Crippen LogP contribution >= 0.6 is 0 Å².